The van der Waals surface area contributed by atoms with Gasteiger partial charge in [-0.25, -0.2) is 0 Å². The largest absolute Gasteiger partial charge is 0.507 e. The highest BCUT2D eigenvalue weighted by Crippen LogP contribution is 2.46. The van der Waals surface area contributed by atoms with E-state index in [0.717, 1.165) is 6.08 Å². The van der Waals surface area contributed by atoms with Gasteiger partial charge in [-0.15, -0.1) is 0 Å². The van der Waals surface area contributed by atoms with Crippen LogP contribution in [0.5, 0.6) is 5.75 Å². The summed E-state index contributed by atoms with van der Waals surface area (Å²) in [6, 6.07) is 1.19. The van der Waals surface area contributed by atoms with E-state index >= 15 is 0 Å². The third-order valence-electron chi connectivity index (χ3n) is 3.51. The number of hydrogen-bond acceptors (Lipinski definition) is 3. The standard InChI is InChI=1S/C15H13F6NO3/c16-14(17,18)12-9(1-3-10(23)13(12)15(19,20)21)2-4-11(24)22-5-7-25-8-6-22/h1-4,23H,5-8H2. The van der Waals surface area contributed by atoms with Crippen molar-refractivity contribution in [2.24, 2.45) is 0 Å². The van der Waals surface area contributed by atoms with Crippen LogP contribution in [-0.2, 0) is 21.9 Å². The summed E-state index contributed by atoms with van der Waals surface area (Å²) in [5, 5.41) is 9.26. The number of benzene rings is 1. The van der Waals surface area contributed by atoms with Gasteiger partial charge in [0.05, 0.1) is 18.8 Å². The number of aromatic hydroxyl groups is 1. The quantitative estimate of drug-likeness (QED) is 0.643. The average Bonchev–Trinajstić information content (AvgIpc) is 2.51. The Labute approximate surface area is 138 Å². The van der Waals surface area contributed by atoms with E-state index in [0.29, 0.717) is 18.2 Å². The number of rotatable bonds is 2. The highest BCUT2D eigenvalue weighted by atomic mass is 19.4. The minimum Gasteiger partial charge on any atom is -0.507 e. The molecule has 138 valence electrons. The third-order valence-corrected chi connectivity index (χ3v) is 3.51. The minimum absolute atomic E-state index is 0.235. The van der Waals surface area contributed by atoms with E-state index in [1.165, 1.54) is 4.90 Å². The highest BCUT2D eigenvalue weighted by Gasteiger charge is 2.46. The number of hydrogen-bond donors (Lipinski definition) is 1. The fraction of sp³-hybridized carbons (Fsp3) is 0.400. The van der Waals surface area contributed by atoms with E-state index in [4.69, 9.17) is 4.74 Å². The zero-order chi connectivity index (χ0) is 18.8. The van der Waals surface area contributed by atoms with Crippen molar-refractivity contribution in [3.8, 4) is 5.75 Å². The number of alkyl halides is 6. The van der Waals surface area contributed by atoms with Crippen LogP contribution in [0.15, 0.2) is 18.2 Å². The summed E-state index contributed by atoms with van der Waals surface area (Å²) in [5.41, 5.74) is -5.08. The van der Waals surface area contributed by atoms with Gasteiger partial charge in [0.15, 0.2) is 0 Å². The van der Waals surface area contributed by atoms with Crippen LogP contribution in [0.4, 0.5) is 26.3 Å². The second-order valence-corrected chi connectivity index (χ2v) is 5.19. The van der Waals surface area contributed by atoms with E-state index in [9.17, 15) is 36.2 Å². The molecule has 0 radical (unpaired) electrons. The minimum atomic E-state index is -5.41. The summed E-state index contributed by atoms with van der Waals surface area (Å²) in [6.45, 7) is 1.01. The van der Waals surface area contributed by atoms with Gasteiger partial charge in [0.1, 0.15) is 11.3 Å². The van der Waals surface area contributed by atoms with E-state index in [1.54, 1.807) is 0 Å². The van der Waals surface area contributed by atoms with Gasteiger partial charge < -0.3 is 14.7 Å². The van der Waals surface area contributed by atoms with Crippen molar-refractivity contribution >= 4 is 12.0 Å². The number of phenolic OH excluding ortho intramolecular Hbond substituents is 1. The summed E-state index contributed by atoms with van der Waals surface area (Å²) in [5.74, 6) is -2.17. The first-order chi connectivity index (χ1) is 11.5. The van der Waals surface area contributed by atoms with Crippen LogP contribution in [-0.4, -0.2) is 42.2 Å². The second kappa shape index (κ2) is 6.95. The van der Waals surface area contributed by atoms with Crippen LogP contribution in [0.3, 0.4) is 0 Å². The van der Waals surface area contributed by atoms with Crippen LogP contribution >= 0.6 is 0 Å². The Morgan fingerprint density at radius 1 is 1.04 bits per heavy atom. The molecule has 0 unspecified atom stereocenters. The van der Waals surface area contributed by atoms with Crippen molar-refractivity contribution < 1.29 is 41.0 Å². The van der Waals surface area contributed by atoms with Gasteiger partial charge in [-0.1, -0.05) is 6.07 Å². The molecule has 1 amide bonds. The summed E-state index contributed by atoms with van der Waals surface area (Å²) in [4.78, 5) is 13.2. The molecule has 0 spiro atoms. The molecule has 1 aromatic rings. The van der Waals surface area contributed by atoms with Crippen molar-refractivity contribution in [1.29, 1.82) is 0 Å². The van der Waals surface area contributed by atoms with Crippen molar-refractivity contribution in [3.05, 3.63) is 34.9 Å². The van der Waals surface area contributed by atoms with Crippen LogP contribution < -0.4 is 0 Å². The molecule has 1 heterocycles. The van der Waals surface area contributed by atoms with Crippen molar-refractivity contribution in [2.75, 3.05) is 26.3 Å². The molecule has 1 aromatic carbocycles. The maximum atomic E-state index is 13.1. The van der Waals surface area contributed by atoms with Gasteiger partial charge in [0.25, 0.3) is 0 Å². The summed E-state index contributed by atoms with van der Waals surface area (Å²) >= 11 is 0. The van der Waals surface area contributed by atoms with Crippen LogP contribution in [0.1, 0.15) is 16.7 Å². The SMILES string of the molecule is O=C(C=Cc1ccc(O)c(C(F)(F)F)c1C(F)(F)F)N1CCOCC1. The zero-order valence-electron chi connectivity index (χ0n) is 12.6. The molecule has 2 rings (SSSR count). The van der Waals surface area contributed by atoms with Gasteiger partial charge in [0, 0.05) is 19.2 Å². The van der Waals surface area contributed by atoms with E-state index in [1.807, 2.05) is 0 Å². The lowest BCUT2D eigenvalue weighted by atomic mass is 9.98. The number of phenols is 1. The lowest BCUT2D eigenvalue weighted by Crippen LogP contribution is -2.39. The molecule has 25 heavy (non-hydrogen) atoms. The average molecular weight is 369 g/mol. The highest BCUT2D eigenvalue weighted by molar-refractivity contribution is 5.92. The van der Waals surface area contributed by atoms with Crippen molar-refractivity contribution in [3.63, 3.8) is 0 Å². The molecule has 1 saturated heterocycles. The number of ether oxygens (including phenoxy) is 1. The molecule has 0 aliphatic carbocycles. The topological polar surface area (TPSA) is 49.8 Å². The smallest absolute Gasteiger partial charge is 0.420 e. The maximum Gasteiger partial charge on any atom is 0.420 e. The van der Waals surface area contributed by atoms with E-state index in [-0.39, 0.29) is 26.3 Å². The van der Waals surface area contributed by atoms with Crippen LogP contribution in [0, 0.1) is 0 Å². The Morgan fingerprint density at radius 3 is 2.12 bits per heavy atom. The molecule has 1 aliphatic rings. The summed E-state index contributed by atoms with van der Waals surface area (Å²) in [7, 11) is 0. The molecule has 4 nitrogen and oxygen atoms in total. The summed E-state index contributed by atoms with van der Waals surface area (Å²) < 4.78 is 83.3. The van der Waals surface area contributed by atoms with E-state index < -0.39 is 40.7 Å². The first-order valence-corrected chi connectivity index (χ1v) is 7.07. The summed E-state index contributed by atoms with van der Waals surface area (Å²) in [6.07, 6.45) is -9.35. The maximum absolute atomic E-state index is 13.1. The number of carbonyl (C=O) groups is 1. The fourth-order valence-electron chi connectivity index (χ4n) is 2.39. The van der Waals surface area contributed by atoms with Gasteiger partial charge in [-0.05, 0) is 17.7 Å². The monoisotopic (exact) mass is 369 g/mol. The normalized spacial score (nSPS) is 16.5. The van der Waals surface area contributed by atoms with Gasteiger partial charge in [-0.2, -0.15) is 26.3 Å². The number of nitrogens with zero attached hydrogens (tertiary/aromatic N) is 1. The number of amides is 1. The Kier molecular flexibility index (Phi) is 5.31. The Balaban J connectivity index is 2.44. The predicted octanol–water partition coefficient (Wildman–Crippen LogP) is 3.30. The van der Waals surface area contributed by atoms with E-state index in [2.05, 4.69) is 0 Å². The molecular weight excluding hydrogens is 356 g/mol. The fourth-order valence-corrected chi connectivity index (χ4v) is 2.39. The van der Waals surface area contributed by atoms with Crippen molar-refractivity contribution in [2.45, 2.75) is 12.4 Å². The lowest BCUT2D eigenvalue weighted by molar-refractivity contribution is -0.163. The predicted molar refractivity (Wildman–Crippen MR) is 74.5 cm³/mol. The Hall–Kier alpha value is -2.23. The van der Waals surface area contributed by atoms with Gasteiger partial charge in [0.2, 0.25) is 5.91 Å². The second-order valence-electron chi connectivity index (χ2n) is 5.19. The molecule has 0 atom stereocenters. The Bertz CT molecular complexity index is 675. The molecule has 10 heteroatoms. The first-order valence-electron chi connectivity index (χ1n) is 7.07. The molecular formula is C15H13F6NO3. The molecule has 1 N–H and O–H groups in total. The number of halogens is 6. The molecule has 0 saturated carbocycles. The van der Waals surface area contributed by atoms with Crippen LogP contribution in [0.2, 0.25) is 0 Å². The van der Waals surface area contributed by atoms with Crippen LogP contribution in [0.25, 0.3) is 6.08 Å². The molecule has 1 aliphatic heterocycles. The number of morpholine rings is 1. The van der Waals surface area contributed by atoms with Gasteiger partial charge >= 0.3 is 12.4 Å². The molecule has 0 bridgehead atoms. The Morgan fingerprint density at radius 2 is 1.60 bits per heavy atom. The lowest BCUT2D eigenvalue weighted by Gasteiger charge is -2.25. The molecule has 0 aromatic heterocycles. The zero-order valence-corrected chi connectivity index (χ0v) is 12.6. The first kappa shape index (κ1) is 19.1. The van der Waals surface area contributed by atoms with Gasteiger partial charge in [-0.3, -0.25) is 4.79 Å². The van der Waals surface area contributed by atoms with Crippen molar-refractivity contribution in [1.82, 2.24) is 4.90 Å². The molecule has 1 fully saturated rings. The third kappa shape index (κ3) is 4.44. The number of carbonyl (C=O) groups excluding carboxylic acids is 1.